The minimum Gasteiger partial charge on any atom is -0.290 e. The van der Waals surface area contributed by atoms with E-state index in [1.807, 2.05) is 32.1 Å². The van der Waals surface area contributed by atoms with Crippen molar-refractivity contribution in [1.29, 1.82) is 15.8 Å². The highest BCUT2D eigenvalue weighted by Crippen LogP contribution is 2.46. The van der Waals surface area contributed by atoms with Crippen molar-refractivity contribution in [1.82, 2.24) is 0 Å². The Balaban J connectivity index is 2.27. The van der Waals surface area contributed by atoms with Crippen LogP contribution in [0.4, 0.5) is 0 Å². The van der Waals surface area contributed by atoms with E-state index >= 15 is 0 Å². The lowest BCUT2D eigenvalue weighted by molar-refractivity contribution is -0.110. The van der Waals surface area contributed by atoms with Crippen LogP contribution in [0.25, 0.3) is 0 Å². The van der Waals surface area contributed by atoms with Gasteiger partial charge in [0.25, 0.3) is 0 Å². The van der Waals surface area contributed by atoms with Gasteiger partial charge in [0, 0.05) is 17.8 Å². The molecular weight excluding hydrogens is 372 g/mol. The van der Waals surface area contributed by atoms with Crippen molar-refractivity contribution in [3.05, 3.63) is 36.0 Å². The summed E-state index contributed by atoms with van der Waals surface area (Å²) in [6.07, 6.45) is 9.19. The molecule has 3 rings (SSSR count). The molecule has 0 amide bonds. The highest BCUT2D eigenvalue weighted by Gasteiger charge is 2.50. The van der Waals surface area contributed by atoms with Crippen molar-refractivity contribution in [2.24, 2.45) is 34.1 Å². The van der Waals surface area contributed by atoms with Gasteiger partial charge in [0.05, 0.1) is 5.71 Å². The molecule has 5 heteroatoms. The summed E-state index contributed by atoms with van der Waals surface area (Å²) in [6, 6.07) is 5.58. The molecule has 5 unspecified atom stereocenters. The number of hydrogen-bond acceptors (Lipinski definition) is 5. The quantitative estimate of drug-likeness (QED) is 0.541. The summed E-state index contributed by atoms with van der Waals surface area (Å²) in [5.41, 5.74) is -0.394. The van der Waals surface area contributed by atoms with Gasteiger partial charge in [0.15, 0.2) is 5.78 Å². The van der Waals surface area contributed by atoms with Crippen molar-refractivity contribution in [2.75, 3.05) is 0 Å². The molecule has 0 saturated carbocycles. The lowest BCUT2D eigenvalue weighted by Gasteiger charge is -2.42. The normalized spacial score (nSPS) is 28.3. The number of carbonyl (C=O) groups is 1. The predicted octanol–water partition coefficient (Wildman–Crippen LogP) is 3.29. The Morgan fingerprint density at radius 2 is 1.80 bits per heavy atom. The zero-order valence-electron chi connectivity index (χ0n) is 16.9. The van der Waals surface area contributed by atoms with Crippen LogP contribution in [-0.4, -0.2) is 17.5 Å². The summed E-state index contributed by atoms with van der Waals surface area (Å²) in [5.74, 6) is 10.7. The maximum atomic E-state index is 12.2. The van der Waals surface area contributed by atoms with Crippen molar-refractivity contribution >= 4 is 11.5 Å². The molecule has 0 aromatic carbocycles. The monoisotopic (exact) mass is 392 g/mol. The molecule has 1 aliphatic heterocycles. The largest absolute Gasteiger partial charge is 0.290 e. The number of ketones is 1. The third-order valence-corrected chi connectivity index (χ3v) is 5.94. The molecule has 0 spiro atoms. The molecule has 5 nitrogen and oxygen atoms in total. The van der Waals surface area contributed by atoms with Crippen molar-refractivity contribution in [3.63, 3.8) is 0 Å². The second kappa shape index (κ2) is 8.66. The molecule has 146 valence electrons. The van der Waals surface area contributed by atoms with Crippen LogP contribution in [0.1, 0.15) is 26.7 Å². The number of allylic oxidation sites excluding steroid dienone is 6. The molecule has 5 atom stereocenters. The molecule has 0 aromatic heterocycles. The molecule has 1 heterocycles. The van der Waals surface area contributed by atoms with Gasteiger partial charge >= 0.3 is 0 Å². The zero-order chi connectivity index (χ0) is 21.7. The third kappa shape index (κ3) is 3.58. The maximum absolute atomic E-state index is 12.2. The van der Waals surface area contributed by atoms with Crippen molar-refractivity contribution in [3.8, 4) is 41.9 Å². The summed E-state index contributed by atoms with van der Waals surface area (Å²) in [4.78, 5) is 16.9. The fourth-order valence-electron chi connectivity index (χ4n) is 4.45. The van der Waals surface area contributed by atoms with E-state index in [1.165, 1.54) is 6.08 Å². The number of aliphatic imine (C=N–C) groups is 1. The van der Waals surface area contributed by atoms with Crippen LogP contribution in [0.3, 0.4) is 0 Å². The molecule has 0 aromatic rings. The van der Waals surface area contributed by atoms with Crippen LogP contribution in [0.5, 0.6) is 0 Å². The molecule has 2 bridgehead atoms. The number of hydrogen-bond donors (Lipinski definition) is 0. The number of nitrogens with zero attached hydrogens (tertiary/aromatic N) is 4. The van der Waals surface area contributed by atoms with E-state index in [0.717, 1.165) is 5.57 Å². The Bertz CT molecular complexity index is 1090. The fraction of sp³-hybridized carbons (Fsp3) is 0.400. The smallest absolute Gasteiger partial charge is 0.232 e. The van der Waals surface area contributed by atoms with E-state index in [9.17, 15) is 20.6 Å². The van der Waals surface area contributed by atoms with E-state index in [4.69, 9.17) is 4.99 Å². The molecule has 30 heavy (non-hydrogen) atoms. The van der Waals surface area contributed by atoms with E-state index < -0.39 is 17.3 Å². The molecule has 0 saturated heterocycles. The Labute approximate surface area is 177 Å². The summed E-state index contributed by atoms with van der Waals surface area (Å²) in [7, 11) is 0. The van der Waals surface area contributed by atoms with Crippen LogP contribution in [0.2, 0.25) is 0 Å². The van der Waals surface area contributed by atoms with Crippen molar-refractivity contribution < 1.29 is 4.79 Å². The van der Waals surface area contributed by atoms with Crippen LogP contribution in [0, 0.1) is 86.8 Å². The summed E-state index contributed by atoms with van der Waals surface area (Å²) in [5, 5.41) is 29.4. The average molecular weight is 392 g/mol. The van der Waals surface area contributed by atoms with E-state index in [2.05, 4.69) is 23.7 Å². The van der Waals surface area contributed by atoms with E-state index in [0.29, 0.717) is 18.6 Å². The molecule has 2 aliphatic carbocycles. The van der Waals surface area contributed by atoms with Crippen LogP contribution >= 0.6 is 0 Å². The predicted molar refractivity (Wildman–Crippen MR) is 112 cm³/mol. The van der Waals surface area contributed by atoms with Gasteiger partial charge in [0.2, 0.25) is 5.41 Å². The number of fused-ring (bicyclic) bond motifs is 4. The molecule has 0 N–H and O–H groups in total. The zero-order valence-corrected chi connectivity index (χ0v) is 16.9. The first kappa shape index (κ1) is 20.9. The van der Waals surface area contributed by atoms with Crippen molar-refractivity contribution in [2.45, 2.75) is 32.7 Å². The number of nitriles is 3. The lowest BCUT2D eigenvalue weighted by Crippen LogP contribution is -2.44. The molecular formula is C25H20N4O. The molecule has 0 radical (unpaired) electrons. The SMILES string of the molecule is CCCC(C1C#C/C=C\C#CC2N=C3C=CC(=O)C=C3C1C2C)C(C#N)(C#N)C#N. The standard InChI is InChI=1S/C25H20N4O/c1-3-8-21(25(14-26,15-27)16-28)19-9-6-4-5-7-10-22-17(2)24(19)20-13-18(30)11-12-23(20)29-22/h4-5,11-13,17,19,21-22,24H,3,8H2,1-2H3/b5-4-. The first-order chi connectivity index (χ1) is 14.5. The first-order valence-electron chi connectivity index (χ1n) is 9.94. The number of rotatable bonds is 4. The highest BCUT2D eigenvalue weighted by molar-refractivity contribution is 6.20. The topological polar surface area (TPSA) is 101 Å². The Kier molecular flexibility index (Phi) is 6.03. The fourth-order valence-corrected chi connectivity index (χ4v) is 4.45. The average Bonchev–Trinajstić information content (AvgIpc) is 2.75. The van der Waals surface area contributed by atoms with E-state index in [1.54, 1.807) is 24.3 Å². The number of carbonyl (C=O) groups excluding carboxylic acids is 1. The van der Waals surface area contributed by atoms with Crippen LogP contribution < -0.4 is 0 Å². The van der Waals surface area contributed by atoms with Gasteiger partial charge in [0.1, 0.15) is 24.2 Å². The minimum atomic E-state index is -1.83. The van der Waals surface area contributed by atoms with Gasteiger partial charge in [-0.1, -0.05) is 44.0 Å². The highest BCUT2D eigenvalue weighted by atomic mass is 16.1. The van der Waals surface area contributed by atoms with Gasteiger partial charge in [-0.2, -0.15) is 15.8 Å². The van der Waals surface area contributed by atoms with Crippen LogP contribution in [-0.2, 0) is 4.79 Å². The second-order valence-corrected chi connectivity index (χ2v) is 7.65. The van der Waals surface area contributed by atoms with Gasteiger partial charge in [-0.15, -0.1) is 0 Å². The van der Waals surface area contributed by atoms with Gasteiger partial charge in [-0.25, -0.2) is 0 Å². The summed E-state index contributed by atoms with van der Waals surface area (Å²) < 4.78 is 0. The lowest BCUT2D eigenvalue weighted by atomic mass is 9.60. The third-order valence-electron chi connectivity index (χ3n) is 5.94. The summed E-state index contributed by atoms with van der Waals surface area (Å²) in [6.45, 7) is 3.96. The van der Waals surface area contributed by atoms with E-state index in [-0.39, 0.29) is 23.7 Å². The Hall–Kier alpha value is -3.85. The summed E-state index contributed by atoms with van der Waals surface area (Å²) >= 11 is 0. The van der Waals surface area contributed by atoms with Gasteiger partial charge < -0.3 is 0 Å². The molecule has 3 aliphatic rings. The second-order valence-electron chi connectivity index (χ2n) is 7.65. The first-order valence-corrected chi connectivity index (χ1v) is 9.94. The Morgan fingerprint density at radius 1 is 1.13 bits per heavy atom. The van der Waals surface area contributed by atoms with Gasteiger partial charge in [-0.3, -0.25) is 9.79 Å². The van der Waals surface area contributed by atoms with Crippen LogP contribution in [0.15, 0.2) is 40.9 Å². The van der Waals surface area contributed by atoms with Gasteiger partial charge in [-0.05, 0) is 48.3 Å². The molecule has 0 fully saturated rings. The minimum absolute atomic E-state index is 0.106. The Morgan fingerprint density at radius 3 is 2.43 bits per heavy atom. The maximum Gasteiger partial charge on any atom is 0.232 e.